The summed E-state index contributed by atoms with van der Waals surface area (Å²) in [5.41, 5.74) is 2.22. The third-order valence-electron chi connectivity index (χ3n) is 3.39. The van der Waals surface area contributed by atoms with Gasteiger partial charge in [-0.25, -0.2) is 4.98 Å². The Morgan fingerprint density at radius 1 is 1.17 bits per heavy atom. The summed E-state index contributed by atoms with van der Waals surface area (Å²) in [5.74, 6) is 3.26. The summed E-state index contributed by atoms with van der Waals surface area (Å²) in [6, 6.07) is 8.58. The van der Waals surface area contributed by atoms with Gasteiger partial charge >= 0.3 is 0 Å². The molecule has 0 aliphatic rings. The number of aryl methyl sites for hydroxylation is 3. The zero-order chi connectivity index (χ0) is 16.7. The Bertz CT molecular complexity index is 630. The van der Waals surface area contributed by atoms with Gasteiger partial charge < -0.3 is 15.1 Å². The molecule has 5 nitrogen and oxygen atoms in total. The number of aromatic nitrogens is 1. The maximum Gasteiger partial charge on any atom is 0.214 e. The van der Waals surface area contributed by atoms with Crippen molar-refractivity contribution in [2.45, 2.75) is 32.2 Å². The van der Waals surface area contributed by atoms with Crippen molar-refractivity contribution in [2.24, 2.45) is 4.99 Å². The second-order valence-corrected chi connectivity index (χ2v) is 6.43. The average molecular weight is 332 g/mol. The minimum Gasteiger partial charge on any atom is -0.444 e. The van der Waals surface area contributed by atoms with Crippen molar-refractivity contribution in [3.63, 3.8) is 0 Å². The lowest BCUT2D eigenvalue weighted by Crippen LogP contribution is -2.38. The van der Waals surface area contributed by atoms with E-state index in [4.69, 9.17) is 4.42 Å². The Labute approximate surface area is 142 Å². The number of nitrogens with zero attached hydrogens (tertiary/aromatic N) is 2. The van der Waals surface area contributed by atoms with Crippen LogP contribution < -0.4 is 10.6 Å². The molecule has 0 bridgehead atoms. The third-order valence-corrected chi connectivity index (χ3v) is 4.40. The predicted molar refractivity (Wildman–Crippen MR) is 96.1 cm³/mol. The first-order valence-electron chi connectivity index (χ1n) is 7.65. The Balaban J connectivity index is 1.69. The van der Waals surface area contributed by atoms with E-state index in [0.29, 0.717) is 12.4 Å². The number of aliphatic imine (C=N–C) groups is 1. The zero-order valence-corrected chi connectivity index (χ0v) is 15.0. The lowest BCUT2D eigenvalue weighted by molar-refractivity contribution is 0.464. The fourth-order valence-corrected chi connectivity index (χ4v) is 2.74. The molecule has 0 saturated carbocycles. The molecule has 124 valence electrons. The maximum absolute atomic E-state index is 5.54. The van der Waals surface area contributed by atoms with Gasteiger partial charge in [-0.15, -0.1) is 11.8 Å². The van der Waals surface area contributed by atoms with Crippen molar-refractivity contribution < 1.29 is 4.42 Å². The first-order chi connectivity index (χ1) is 11.1. The van der Waals surface area contributed by atoms with E-state index in [0.717, 1.165) is 29.7 Å². The molecule has 0 aliphatic carbocycles. The minimum absolute atomic E-state index is 0.527. The molecule has 23 heavy (non-hydrogen) atoms. The summed E-state index contributed by atoms with van der Waals surface area (Å²) in [7, 11) is 1.76. The van der Waals surface area contributed by atoms with Crippen molar-refractivity contribution >= 4 is 17.7 Å². The van der Waals surface area contributed by atoms with Crippen molar-refractivity contribution in [3.05, 3.63) is 47.2 Å². The lowest BCUT2D eigenvalue weighted by Gasteiger charge is -2.10. The third kappa shape index (κ3) is 5.63. The van der Waals surface area contributed by atoms with Crippen LogP contribution in [-0.4, -0.2) is 30.3 Å². The van der Waals surface area contributed by atoms with E-state index in [9.17, 15) is 0 Å². The minimum atomic E-state index is 0.527. The van der Waals surface area contributed by atoms with Gasteiger partial charge in [-0.1, -0.05) is 17.7 Å². The van der Waals surface area contributed by atoms with Crippen LogP contribution in [0.5, 0.6) is 0 Å². The Hall–Kier alpha value is -1.95. The predicted octanol–water partition coefficient (Wildman–Crippen LogP) is 3.06. The molecular weight excluding hydrogens is 308 g/mol. The van der Waals surface area contributed by atoms with Crippen molar-refractivity contribution in [1.29, 1.82) is 0 Å². The van der Waals surface area contributed by atoms with Gasteiger partial charge in [0.15, 0.2) is 5.96 Å². The number of benzene rings is 1. The smallest absolute Gasteiger partial charge is 0.214 e. The lowest BCUT2D eigenvalue weighted by atomic mass is 10.2. The molecule has 0 unspecified atom stereocenters. The highest BCUT2D eigenvalue weighted by Gasteiger charge is 2.06. The van der Waals surface area contributed by atoms with Crippen molar-refractivity contribution in [2.75, 3.05) is 19.3 Å². The van der Waals surface area contributed by atoms with Crippen LogP contribution >= 0.6 is 11.8 Å². The summed E-state index contributed by atoms with van der Waals surface area (Å²) in [6.45, 7) is 7.32. The van der Waals surface area contributed by atoms with E-state index >= 15 is 0 Å². The highest BCUT2D eigenvalue weighted by molar-refractivity contribution is 7.99. The van der Waals surface area contributed by atoms with E-state index in [2.05, 4.69) is 51.8 Å². The summed E-state index contributed by atoms with van der Waals surface area (Å²) in [5, 5.41) is 6.50. The van der Waals surface area contributed by atoms with Crippen LogP contribution in [0.3, 0.4) is 0 Å². The van der Waals surface area contributed by atoms with E-state index in [-0.39, 0.29) is 0 Å². The van der Waals surface area contributed by atoms with Gasteiger partial charge in [-0.2, -0.15) is 0 Å². The molecule has 0 amide bonds. The zero-order valence-electron chi connectivity index (χ0n) is 14.1. The van der Waals surface area contributed by atoms with Crippen molar-refractivity contribution in [1.82, 2.24) is 15.6 Å². The summed E-state index contributed by atoms with van der Waals surface area (Å²) in [4.78, 5) is 9.83. The highest BCUT2D eigenvalue weighted by atomic mass is 32.2. The number of hydrogen-bond acceptors (Lipinski definition) is 4. The molecule has 2 N–H and O–H groups in total. The van der Waals surface area contributed by atoms with Gasteiger partial charge in [-0.3, -0.25) is 4.99 Å². The SMILES string of the molecule is CN=C(NCCSc1ccc(C)cc1)NCc1nc(C)c(C)o1. The second-order valence-electron chi connectivity index (χ2n) is 5.26. The van der Waals surface area contributed by atoms with Crippen LogP contribution in [0.25, 0.3) is 0 Å². The monoisotopic (exact) mass is 332 g/mol. The first-order valence-corrected chi connectivity index (χ1v) is 8.64. The Morgan fingerprint density at radius 2 is 1.91 bits per heavy atom. The van der Waals surface area contributed by atoms with Gasteiger partial charge in [-0.05, 0) is 32.9 Å². The summed E-state index contributed by atoms with van der Waals surface area (Å²) < 4.78 is 5.54. The largest absolute Gasteiger partial charge is 0.444 e. The summed E-state index contributed by atoms with van der Waals surface area (Å²) in [6.07, 6.45) is 0. The van der Waals surface area contributed by atoms with Crippen LogP contribution in [0.1, 0.15) is 22.9 Å². The molecule has 1 heterocycles. The number of rotatable bonds is 6. The highest BCUT2D eigenvalue weighted by Crippen LogP contribution is 2.17. The Kier molecular flexibility index (Phi) is 6.52. The molecule has 2 aromatic rings. The molecule has 6 heteroatoms. The van der Waals surface area contributed by atoms with Gasteiger partial charge in [0, 0.05) is 24.2 Å². The molecule has 1 aromatic heterocycles. The fraction of sp³-hybridized carbons (Fsp3) is 0.412. The van der Waals surface area contributed by atoms with Gasteiger partial charge in [0.2, 0.25) is 5.89 Å². The molecule has 2 rings (SSSR count). The molecule has 0 atom stereocenters. The van der Waals surface area contributed by atoms with Crippen LogP contribution in [0, 0.1) is 20.8 Å². The fourth-order valence-electron chi connectivity index (χ4n) is 1.97. The molecule has 0 radical (unpaired) electrons. The second kappa shape index (κ2) is 8.62. The van der Waals surface area contributed by atoms with E-state index in [1.54, 1.807) is 7.05 Å². The van der Waals surface area contributed by atoms with E-state index in [1.807, 2.05) is 25.6 Å². The number of hydrogen-bond donors (Lipinski definition) is 2. The quantitative estimate of drug-likeness (QED) is 0.368. The van der Waals surface area contributed by atoms with E-state index < -0.39 is 0 Å². The first kappa shape index (κ1) is 17.4. The molecule has 0 spiro atoms. The summed E-state index contributed by atoms with van der Waals surface area (Å²) >= 11 is 1.83. The Morgan fingerprint density at radius 3 is 2.52 bits per heavy atom. The van der Waals surface area contributed by atoms with Crippen LogP contribution in [0.4, 0.5) is 0 Å². The van der Waals surface area contributed by atoms with Gasteiger partial charge in [0.1, 0.15) is 5.76 Å². The standard InChI is InChI=1S/C17H24N4OS/c1-12-5-7-15(8-6-12)23-10-9-19-17(18-4)20-11-16-21-13(2)14(3)22-16/h5-8H,9-11H2,1-4H3,(H2,18,19,20). The van der Waals surface area contributed by atoms with Crippen LogP contribution in [0.15, 0.2) is 38.6 Å². The number of nitrogens with one attached hydrogen (secondary N) is 2. The molecule has 0 saturated heterocycles. The molecular formula is C17H24N4OS. The molecule has 0 aliphatic heterocycles. The molecule has 1 aromatic carbocycles. The average Bonchev–Trinajstić information content (AvgIpc) is 2.87. The number of oxazole rings is 1. The van der Waals surface area contributed by atoms with Gasteiger partial charge in [0.25, 0.3) is 0 Å². The van der Waals surface area contributed by atoms with Gasteiger partial charge in [0.05, 0.1) is 12.2 Å². The van der Waals surface area contributed by atoms with Crippen LogP contribution in [0.2, 0.25) is 0 Å². The maximum atomic E-state index is 5.54. The normalized spacial score (nSPS) is 11.6. The topological polar surface area (TPSA) is 62.5 Å². The van der Waals surface area contributed by atoms with Crippen LogP contribution in [-0.2, 0) is 6.54 Å². The number of guanidine groups is 1. The molecule has 0 fully saturated rings. The van der Waals surface area contributed by atoms with Crippen molar-refractivity contribution in [3.8, 4) is 0 Å². The number of thioether (sulfide) groups is 1. The van der Waals surface area contributed by atoms with E-state index in [1.165, 1.54) is 10.5 Å².